The van der Waals surface area contributed by atoms with Crippen LogP contribution in [0.2, 0.25) is 0 Å². The Hall–Kier alpha value is -3.23. The Kier molecular flexibility index (Phi) is 5.51. The average Bonchev–Trinajstić information content (AvgIpc) is 3.17. The molecule has 1 aliphatic rings. The summed E-state index contributed by atoms with van der Waals surface area (Å²) < 4.78 is 2.50. The predicted octanol–water partition coefficient (Wildman–Crippen LogP) is 5.72. The third-order valence-electron chi connectivity index (χ3n) is 5.14. The number of thiocarbonyl (C=S) groups is 1. The quantitative estimate of drug-likeness (QED) is 0.221. The number of nitro groups is 1. The fourth-order valence-corrected chi connectivity index (χ4v) is 4.89. The van der Waals surface area contributed by atoms with Crippen LogP contribution >= 0.6 is 24.0 Å². The molecule has 1 aliphatic heterocycles. The van der Waals surface area contributed by atoms with Crippen molar-refractivity contribution >= 4 is 51.7 Å². The number of nitrogens with zero attached hydrogens (tertiary/aromatic N) is 3. The second-order valence-corrected chi connectivity index (χ2v) is 8.97. The van der Waals surface area contributed by atoms with Crippen molar-refractivity contribution in [3.63, 3.8) is 0 Å². The van der Waals surface area contributed by atoms with Gasteiger partial charge in [0.2, 0.25) is 0 Å². The summed E-state index contributed by atoms with van der Waals surface area (Å²) in [5, 5.41) is 11.1. The lowest BCUT2D eigenvalue weighted by atomic mass is 10.2. The summed E-state index contributed by atoms with van der Waals surface area (Å²) in [6.07, 6.45) is 1.84. The number of thioether (sulfide) groups is 1. The number of carbonyl (C=O) groups excluding carboxylic acids is 1. The van der Waals surface area contributed by atoms with E-state index in [1.807, 2.05) is 32.9 Å². The smallest absolute Gasteiger partial charge is 0.271 e. The van der Waals surface area contributed by atoms with Crippen LogP contribution in [0.15, 0.2) is 59.5 Å². The molecule has 0 atom stereocenters. The fourth-order valence-electron chi connectivity index (χ4n) is 3.60. The van der Waals surface area contributed by atoms with Gasteiger partial charge in [-0.15, -0.1) is 0 Å². The maximum absolute atomic E-state index is 13.1. The van der Waals surface area contributed by atoms with Crippen molar-refractivity contribution in [1.82, 2.24) is 4.57 Å². The molecule has 3 aromatic rings. The Morgan fingerprint density at radius 3 is 2.42 bits per heavy atom. The Morgan fingerprint density at radius 2 is 1.74 bits per heavy atom. The topological polar surface area (TPSA) is 68.4 Å². The van der Waals surface area contributed by atoms with E-state index in [1.54, 1.807) is 12.1 Å². The lowest BCUT2D eigenvalue weighted by Gasteiger charge is -2.14. The summed E-state index contributed by atoms with van der Waals surface area (Å²) in [6, 6.07) is 16.2. The van der Waals surface area contributed by atoms with Gasteiger partial charge in [-0.2, -0.15) is 0 Å². The third-order valence-corrected chi connectivity index (χ3v) is 6.44. The van der Waals surface area contributed by atoms with Gasteiger partial charge in [0.05, 0.1) is 15.5 Å². The monoisotopic (exact) mass is 449 g/mol. The number of benzene rings is 2. The number of carbonyl (C=O) groups is 1. The van der Waals surface area contributed by atoms with Gasteiger partial charge in [0.15, 0.2) is 4.32 Å². The van der Waals surface area contributed by atoms with E-state index >= 15 is 0 Å². The molecular formula is C23H19N3O3S2. The van der Waals surface area contributed by atoms with E-state index in [0.717, 1.165) is 22.6 Å². The Balaban J connectivity index is 1.69. The SMILES string of the molecule is Cc1ccc(-n2c(C)cc(/C=C3/SC(=S)N(c4cccc([N+](=O)[O-])c4)C3=O)c2C)cc1. The van der Waals surface area contributed by atoms with Crippen LogP contribution in [0.4, 0.5) is 11.4 Å². The van der Waals surface area contributed by atoms with E-state index in [0.29, 0.717) is 14.9 Å². The zero-order valence-corrected chi connectivity index (χ0v) is 18.8. The van der Waals surface area contributed by atoms with Crippen molar-refractivity contribution in [3.8, 4) is 5.69 Å². The molecule has 0 saturated carbocycles. The van der Waals surface area contributed by atoms with E-state index in [4.69, 9.17) is 12.2 Å². The predicted molar refractivity (Wildman–Crippen MR) is 129 cm³/mol. The molecule has 0 unspecified atom stereocenters. The van der Waals surface area contributed by atoms with Gasteiger partial charge in [0, 0.05) is 29.2 Å². The molecule has 0 N–H and O–H groups in total. The van der Waals surface area contributed by atoms with Gasteiger partial charge in [-0.05, 0) is 56.7 Å². The first kappa shape index (κ1) is 21.0. The molecule has 8 heteroatoms. The second-order valence-electron chi connectivity index (χ2n) is 7.29. The van der Waals surface area contributed by atoms with Crippen molar-refractivity contribution in [2.24, 2.45) is 0 Å². The number of anilines is 1. The first-order valence-electron chi connectivity index (χ1n) is 9.54. The van der Waals surface area contributed by atoms with Crippen molar-refractivity contribution in [3.05, 3.63) is 92.1 Å². The minimum absolute atomic E-state index is 0.0860. The number of hydrogen-bond acceptors (Lipinski definition) is 5. The molecule has 1 amide bonds. The van der Waals surface area contributed by atoms with Crippen LogP contribution in [0.3, 0.4) is 0 Å². The molecule has 6 nitrogen and oxygen atoms in total. The molecular weight excluding hydrogens is 430 g/mol. The molecule has 2 heterocycles. The van der Waals surface area contributed by atoms with Crippen LogP contribution < -0.4 is 4.90 Å². The Morgan fingerprint density at radius 1 is 1.03 bits per heavy atom. The zero-order chi connectivity index (χ0) is 22.3. The van der Waals surface area contributed by atoms with Gasteiger partial charge in [0.1, 0.15) is 0 Å². The maximum Gasteiger partial charge on any atom is 0.271 e. The molecule has 0 aliphatic carbocycles. The first-order valence-corrected chi connectivity index (χ1v) is 10.8. The lowest BCUT2D eigenvalue weighted by Crippen LogP contribution is -2.27. The molecule has 1 aromatic heterocycles. The summed E-state index contributed by atoms with van der Waals surface area (Å²) in [4.78, 5) is 25.5. The number of non-ortho nitro benzene ring substituents is 1. The highest BCUT2D eigenvalue weighted by Gasteiger charge is 2.34. The minimum Gasteiger partial charge on any atom is -0.318 e. The van der Waals surface area contributed by atoms with Crippen LogP contribution in [0.25, 0.3) is 11.8 Å². The lowest BCUT2D eigenvalue weighted by molar-refractivity contribution is -0.384. The highest BCUT2D eigenvalue weighted by molar-refractivity contribution is 8.27. The summed E-state index contributed by atoms with van der Waals surface area (Å²) in [5.41, 5.74) is 5.56. The van der Waals surface area contributed by atoms with Gasteiger partial charge in [-0.25, -0.2) is 0 Å². The van der Waals surface area contributed by atoms with Gasteiger partial charge >= 0.3 is 0 Å². The highest BCUT2D eigenvalue weighted by atomic mass is 32.2. The third kappa shape index (κ3) is 3.92. The van der Waals surface area contributed by atoms with Crippen molar-refractivity contribution in [2.75, 3.05) is 4.90 Å². The standard InChI is InChI=1S/C23H19N3O3S2/c1-14-7-9-18(10-8-14)24-15(2)11-17(16(24)3)12-21-22(27)25(23(30)31-21)19-5-4-6-20(13-19)26(28)29/h4-13H,1-3H3/b21-12+. The number of nitro benzene ring substituents is 1. The van der Waals surface area contributed by atoms with Crippen molar-refractivity contribution < 1.29 is 9.72 Å². The van der Waals surface area contributed by atoms with Gasteiger partial charge < -0.3 is 4.57 Å². The summed E-state index contributed by atoms with van der Waals surface area (Å²) in [6.45, 7) is 6.09. The fraction of sp³-hybridized carbons (Fsp3) is 0.130. The second kappa shape index (κ2) is 8.13. The van der Waals surface area contributed by atoms with E-state index in [-0.39, 0.29) is 11.6 Å². The average molecular weight is 450 g/mol. The first-order chi connectivity index (χ1) is 14.8. The minimum atomic E-state index is -0.489. The molecule has 0 radical (unpaired) electrons. The number of amides is 1. The van der Waals surface area contributed by atoms with Crippen LogP contribution in [-0.4, -0.2) is 19.7 Å². The summed E-state index contributed by atoms with van der Waals surface area (Å²) >= 11 is 6.60. The molecule has 156 valence electrons. The van der Waals surface area contributed by atoms with Crippen LogP contribution in [0.1, 0.15) is 22.5 Å². The van der Waals surface area contributed by atoms with Crippen molar-refractivity contribution in [1.29, 1.82) is 0 Å². The summed E-state index contributed by atoms with van der Waals surface area (Å²) in [7, 11) is 0. The molecule has 0 spiro atoms. The zero-order valence-electron chi connectivity index (χ0n) is 17.2. The Labute approximate surface area is 189 Å². The van der Waals surface area contributed by atoms with Gasteiger partial charge in [-0.1, -0.05) is 47.7 Å². The van der Waals surface area contributed by atoms with Crippen LogP contribution in [-0.2, 0) is 4.79 Å². The number of aryl methyl sites for hydroxylation is 2. The molecule has 2 aromatic carbocycles. The van der Waals surface area contributed by atoms with E-state index in [2.05, 4.69) is 28.8 Å². The number of hydrogen-bond donors (Lipinski definition) is 0. The Bertz CT molecular complexity index is 1260. The number of rotatable bonds is 4. The molecule has 1 fully saturated rings. The maximum atomic E-state index is 13.1. The van der Waals surface area contributed by atoms with Crippen LogP contribution in [0.5, 0.6) is 0 Å². The highest BCUT2D eigenvalue weighted by Crippen LogP contribution is 2.37. The van der Waals surface area contributed by atoms with E-state index in [1.165, 1.54) is 34.4 Å². The molecule has 31 heavy (non-hydrogen) atoms. The normalized spacial score (nSPS) is 15.2. The molecule has 1 saturated heterocycles. The summed E-state index contributed by atoms with van der Waals surface area (Å²) in [5.74, 6) is -0.282. The molecule has 0 bridgehead atoms. The van der Waals surface area contributed by atoms with Crippen molar-refractivity contribution in [2.45, 2.75) is 20.8 Å². The van der Waals surface area contributed by atoms with Gasteiger partial charge in [0.25, 0.3) is 11.6 Å². The van der Waals surface area contributed by atoms with Crippen LogP contribution in [0, 0.1) is 30.9 Å². The molecule has 4 rings (SSSR count). The largest absolute Gasteiger partial charge is 0.318 e. The van der Waals surface area contributed by atoms with E-state index in [9.17, 15) is 14.9 Å². The van der Waals surface area contributed by atoms with Gasteiger partial charge in [-0.3, -0.25) is 19.8 Å². The van der Waals surface area contributed by atoms with E-state index < -0.39 is 4.92 Å². The number of aromatic nitrogens is 1.